The number of hydrogen-bond donors (Lipinski definition) is 1. The van der Waals surface area contributed by atoms with E-state index in [0.717, 1.165) is 5.56 Å². The maximum absolute atomic E-state index is 12.2. The highest BCUT2D eigenvalue weighted by molar-refractivity contribution is 6.47. The van der Waals surface area contributed by atoms with Crippen molar-refractivity contribution in [3.63, 3.8) is 0 Å². The molecule has 0 saturated heterocycles. The van der Waals surface area contributed by atoms with E-state index in [2.05, 4.69) is 0 Å². The summed E-state index contributed by atoms with van der Waals surface area (Å²) in [6.45, 7) is 4.20. The maximum atomic E-state index is 12.2. The number of rotatable bonds is 7. The van der Waals surface area contributed by atoms with Crippen molar-refractivity contribution in [2.45, 2.75) is 45.3 Å². The van der Waals surface area contributed by atoms with Gasteiger partial charge in [-0.2, -0.15) is 5.26 Å². The molecule has 1 aliphatic heterocycles. The Morgan fingerprint density at radius 2 is 2.24 bits per heavy atom. The molecule has 1 aromatic rings. The fourth-order valence-electron chi connectivity index (χ4n) is 2.73. The summed E-state index contributed by atoms with van der Waals surface area (Å²) in [6, 6.07) is 7.09. The molecular weight excluding hydrogens is 321 g/mol. The molecule has 1 aromatic carbocycles. The van der Waals surface area contributed by atoms with Crippen molar-refractivity contribution in [1.29, 1.82) is 5.26 Å². The number of carbonyl (C=O) groups excluding carboxylic acids is 2. The van der Waals surface area contributed by atoms with E-state index in [1.54, 1.807) is 12.1 Å². The second-order valence-corrected chi connectivity index (χ2v) is 6.66. The van der Waals surface area contributed by atoms with Crippen molar-refractivity contribution in [3.05, 3.63) is 29.3 Å². The lowest BCUT2D eigenvalue weighted by Gasteiger charge is -2.28. The van der Waals surface area contributed by atoms with Crippen molar-refractivity contribution in [2.24, 2.45) is 5.92 Å². The van der Waals surface area contributed by atoms with Crippen LogP contribution in [-0.2, 0) is 16.0 Å². The third-order valence-corrected chi connectivity index (χ3v) is 3.99. The van der Waals surface area contributed by atoms with Crippen LogP contribution >= 0.6 is 0 Å². The fraction of sp³-hybridized carbons (Fsp3) is 0.500. The van der Waals surface area contributed by atoms with Gasteiger partial charge in [-0.15, -0.1) is 0 Å². The molecule has 0 amide bonds. The van der Waals surface area contributed by atoms with Gasteiger partial charge in [0, 0.05) is 25.1 Å². The molecule has 1 atom stereocenters. The number of nitriles is 1. The molecule has 25 heavy (non-hydrogen) atoms. The summed E-state index contributed by atoms with van der Waals surface area (Å²) in [5.74, 6) is -0.407. The molecule has 0 radical (unpaired) electrons. The van der Waals surface area contributed by atoms with Gasteiger partial charge >= 0.3 is 13.1 Å². The van der Waals surface area contributed by atoms with E-state index in [1.807, 2.05) is 26.0 Å². The first kappa shape index (κ1) is 19.0. The quantitative estimate of drug-likeness (QED) is 0.604. The number of ketones is 1. The average molecular weight is 343 g/mol. The van der Waals surface area contributed by atoms with E-state index in [9.17, 15) is 14.6 Å². The van der Waals surface area contributed by atoms with Crippen LogP contribution in [0.3, 0.4) is 0 Å². The molecule has 0 aliphatic carbocycles. The van der Waals surface area contributed by atoms with Gasteiger partial charge in [0.25, 0.3) is 0 Å². The van der Waals surface area contributed by atoms with E-state index >= 15 is 0 Å². The lowest BCUT2D eigenvalue weighted by molar-refractivity contribution is -0.119. The number of benzene rings is 1. The van der Waals surface area contributed by atoms with Gasteiger partial charge in [0.05, 0.1) is 12.7 Å². The summed E-state index contributed by atoms with van der Waals surface area (Å²) >= 11 is 0. The number of para-hydroxylation sites is 1. The van der Waals surface area contributed by atoms with Gasteiger partial charge in [0.15, 0.2) is 0 Å². The Morgan fingerprint density at radius 3 is 2.92 bits per heavy atom. The number of hydrogen-bond acceptors (Lipinski definition) is 6. The molecule has 0 fully saturated rings. The smallest absolute Gasteiger partial charge is 0.526 e. The van der Waals surface area contributed by atoms with Crippen LogP contribution in [0.5, 0.6) is 5.75 Å². The molecule has 7 heteroatoms. The first-order valence-electron chi connectivity index (χ1n) is 8.44. The second kappa shape index (κ2) is 8.68. The molecule has 0 saturated carbocycles. The lowest BCUT2D eigenvalue weighted by Crippen LogP contribution is -2.36. The summed E-state index contributed by atoms with van der Waals surface area (Å²) in [5.41, 5.74) is 1.05. The van der Waals surface area contributed by atoms with E-state index in [0.29, 0.717) is 18.8 Å². The van der Waals surface area contributed by atoms with Gasteiger partial charge in [0.2, 0.25) is 0 Å². The standard InChI is InChI=1S/C18H22BNO5/c1-12(2)11-24-18(22)16-7-3-5-13-9-14(19(23)25-17(13)16)10-15(21)6-4-8-20/h3,5,7,12,14,23H,4,6,9-11H2,1-2H3/t14-/m1/s1. The van der Waals surface area contributed by atoms with Crippen molar-refractivity contribution in [2.75, 3.05) is 6.61 Å². The normalized spacial score (nSPS) is 16.0. The Labute approximate surface area is 147 Å². The van der Waals surface area contributed by atoms with Gasteiger partial charge in [0.1, 0.15) is 17.1 Å². The largest absolute Gasteiger partial charge is 0.535 e. The Kier molecular flexibility index (Phi) is 6.60. The van der Waals surface area contributed by atoms with Crippen LogP contribution in [0, 0.1) is 17.2 Å². The highest BCUT2D eigenvalue weighted by Gasteiger charge is 2.37. The molecule has 0 aromatic heterocycles. The average Bonchev–Trinajstić information content (AvgIpc) is 2.58. The highest BCUT2D eigenvalue weighted by atomic mass is 16.5. The van der Waals surface area contributed by atoms with Crippen LogP contribution in [0.1, 0.15) is 49.0 Å². The summed E-state index contributed by atoms with van der Waals surface area (Å²) in [7, 11) is -1.17. The molecular formula is C18H22BNO5. The molecule has 1 N–H and O–H groups in total. The zero-order chi connectivity index (χ0) is 18.4. The minimum Gasteiger partial charge on any atom is -0.535 e. The Morgan fingerprint density at radius 1 is 1.48 bits per heavy atom. The third-order valence-electron chi connectivity index (χ3n) is 3.99. The predicted octanol–water partition coefficient (Wildman–Crippen LogP) is 2.55. The molecule has 132 valence electrons. The number of carbonyl (C=O) groups is 2. The summed E-state index contributed by atoms with van der Waals surface area (Å²) in [4.78, 5) is 24.1. The summed E-state index contributed by atoms with van der Waals surface area (Å²) in [5, 5.41) is 18.8. The Balaban J connectivity index is 2.11. The van der Waals surface area contributed by atoms with E-state index in [4.69, 9.17) is 14.7 Å². The third kappa shape index (κ3) is 5.07. The predicted molar refractivity (Wildman–Crippen MR) is 92.1 cm³/mol. The minimum atomic E-state index is -1.17. The van der Waals surface area contributed by atoms with E-state index in [-0.39, 0.29) is 42.3 Å². The number of ether oxygens (including phenoxy) is 1. The fourth-order valence-corrected chi connectivity index (χ4v) is 2.73. The van der Waals surface area contributed by atoms with Crippen LogP contribution in [0.25, 0.3) is 0 Å². The number of fused-ring (bicyclic) bond motifs is 1. The van der Waals surface area contributed by atoms with Crippen LogP contribution in [0.4, 0.5) is 0 Å². The van der Waals surface area contributed by atoms with Crippen molar-refractivity contribution >= 4 is 18.9 Å². The van der Waals surface area contributed by atoms with Gasteiger partial charge in [-0.05, 0) is 24.0 Å². The lowest BCUT2D eigenvalue weighted by atomic mass is 9.64. The van der Waals surface area contributed by atoms with Gasteiger partial charge < -0.3 is 14.4 Å². The Bertz CT molecular complexity index is 683. The van der Waals surface area contributed by atoms with Gasteiger partial charge in [-0.1, -0.05) is 26.0 Å². The summed E-state index contributed by atoms with van der Waals surface area (Å²) < 4.78 is 10.8. The molecule has 1 heterocycles. The van der Waals surface area contributed by atoms with E-state index < -0.39 is 13.1 Å². The van der Waals surface area contributed by atoms with E-state index in [1.165, 1.54) is 0 Å². The van der Waals surface area contributed by atoms with Crippen LogP contribution < -0.4 is 4.65 Å². The van der Waals surface area contributed by atoms with Crippen LogP contribution in [-0.4, -0.2) is 30.5 Å². The molecule has 1 aliphatic rings. The SMILES string of the molecule is CC(C)COC(=O)c1cccc2c1OB(O)[C@@H](CC(=O)CCC#N)C2. The van der Waals surface area contributed by atoms with Crippen LogP contribution in [0.15, 0.2) is 18.2 Å². The molecule has 6 nitrogen and oxygen atoms in total. The molecule has 2 rings (SSSR count). The Hall–Kier alpha value is -2.33. The molecule has 0 unspecified atom stereocenters. The monoisotopic (exact) mass is 343 g/mol. The van der Waals surface area contributed by atoms with Gasteiger partial charge in [-0.25, -0.2) is 4.79 Å². The number of nitrogens with zero attached hydrogens (tertiary/aromatic N) is 1. The topological polar surface area (TPSA) is 96.6 Å². The molecule has 0 spiro atoms. The number of Topliss-reactive ketones (excluding diaryl/α,β-unsaturated/α-hetero) is 1. The van der Waals surface area contributed by atoms with Crippen LogP contribution in [0.2, 0.25) is 5.82 Å². The first-order chi connectivity index (χ1) is 11.9. The summed E-state index contributed by atoms with van der Waals surface area (Å²) in [6.07, 6.45) is 0.920. The van der Waals surface area contributed by atoms with Crippen molar-refractivity contribution < 1.29 is 24.0 Å². The first-order valence-corrected chi connectivity index (χ1v) is 8.44. The highest BCUT2D eigenvalue weighted by Crippen LogP contribution is 2.36. The van der Waals surface area contributed by atoms with Crippen molar-refractivity contribution in [1.82, 2.24) is 0 Å². The van der Waals surface area contributed by atoms with Gasteiger partial charge in [-0.3, -0.25) is 4.79 Å². The second-order valence-electron chi connectivity index (χ2n) is 6.66. The zero-order valence-corrected chi connectivity index (χ0v) is 14.5. The number of esters is 1. The zero-order valence-electron chi connectivity index (χ0n) is 14.5. The molecule has 0 bridgehead atoms. The minimum absolute atomic E-state index is 0.0786. The van der Waals surface area contributed by atoms with Crippen molar-refractivity contribution in [3.8, 4) is 11.8 Å². The maximum Gasteiger partial charge on any atom is 0.526 e.